The molecule has 1 spiro atoms. The largest absolute Gasteiger partial charge is 0.454 e. The van der Waals surface area contributed by atoms with E-state index in [0.29, 0.717) is 18.1 Å². The average molecular weight is 362 g/mol. The number of hydrogen-bond acceptors (Lipinski definition) is 6. The highest BCUT2D eigenvalue weighted by Crippen LogP contribution is 2.39. The maximum Gasteiger partial charge on any atom is 0.309 e. The normalized spacial score (nSPS) is 22.5. The van der Waals surface area contributed by atoms with Crippen LogP contribution in [-0.4, -0.2) is 43.7 Å². The topological polar surface area (TPSA) is 95.1 Å². The summed E-state index contributed by atoms with van der Waals surface area (Å²) in [6.07, 6.45) is 3.78. The van der Waals surface area contributed by atoms with Crippen LogP contribution in [-0.2, 0) is 25.6 Å². The van der Waals surface area contributed by atoms with Gasteiger partial charge in [0, 0.05) is 25.9 Å². The predicted octanol–water partition coefficient (Wildman–Crippen LogP) is 0.833. The van der Waals surface area contributed by atoms with Crippen LogP contribution in [0.4, 0.5) is 0 Å². The molecule has 4 rings (SSSR count). The van der Waals surface area contributed by atoms with Crippen LogP contribution < -0.4 is 20.1 Å². The lowest BCUT2D eigenvalue weighted by atomic mass is 10.2. The second kappa shape index (κ2) is 7.13. The smallest absolute Gasteiger partial charge is 0.309 e. The van der Waals surface area contributed by atoms with Gasteiger partial charge in [0.25, 0.3) is 0 Å². The third kappa shape index (κ3) is 3.61. The van der Waals surface area contributed by atoms with Crippen molar-refractivity contribution in [1.29, 1.82) is 0 Å². The molecule has 2 heterocycles. The van der Waals surface area contributed by atoms with Crippen molar-refractivity contribution < 1.29 is 28.5 Å². The fourth-order valence-electron chi connectivity index (χ4n) is 3.49. The lowest BCUT2D eigenvalue weighted by Crippen LogP contribution is -2.43. The van der Waals surface area contributed by atoms with Gasteiger partial charge in [-0.25, -0.2) is 0 Å². The van der Waals surface area contributed by atoms with Crippen LogP contribution in [0, 0.1) is 0 Å². The van der Waals surface area contributed by atoms with Gasteiger partial charge >= 0.3 is 11.8 Å². The van der Waals surface area contributed by atoms with Crippen LogP contribution >= 0.6 is 0 Å². The van der Waals surface area contributed by atoms with Gasteiger partial charge < -0.3 is 29.6 Å². The number of rotatable bonds is 4. The maximum absolute atomic E-state index is 12.0. The molecule has 0 radical (unpaired) electrons. The standard InChI is InChI=1S/C18H22N2O6/c21-16(19-8-12-3-4-14-15(7-12)24-11-23-14)17(22)20-9-13-10-25-18(26-13)5-1-2-6-18/h3-4,7,13H,1-2,5-6,8-11H2,(H,19,21)(H,20,22)/t13-/m0/s1. The zero-order valence-electron chi connectivity index (χ0n) is 14.4. The van der Waals surface area contributed by atoms with E-state index in [4.69, 9.17) is 18.9 Å². The van der Waals surface area contributed by atoms with Crippen molar-refractivity contribution >= 4 is 11.8 Å². The summed E-state index contributed by atoms with van der Waals surface area (Å²) in [5, 5.41) is 5.20. The first-order chi connectivity index (χ1) is 12.6. The first-order valence-electron chi connectivity index (χ1n) is 8.90. The Labute approximate surface area is 151 Å². The molecule has 1 aliphatic carbocycles. The molecule has 2 amide bonds. The second-order valence-corrected chi connectivity index (χ2v) is 6.75. The van der Waals surface area contributed by atoms with Crippen molar-refractivity contribution in [3.63, 3.8) is 0 Å². The van der Waals surface area contributed by atoms with Crippen molar-refractivity contribution in [3.05, 3.63) is 23.8 Å². The highest BCUT2D eigenvalue weighted by atomic mass is 16.7. The Morgan fingerprint density at radius 1 is 1.08 bits per heavy atom. The maximum atomic E-state index is 12.0. The molecule has 3 aliphatic rings. The van der Waals surface area contributed by atoms with E-state index in [1.807, 2.05) is 6.07 Å². The van der Waals surface area contributed by atoms with E-state index in [1.165, 1.54) is 0 Å². The van der Waals surface area contributed by atoms with E-state index in [2.05, 4.69) is 10.6 Å². The highest BCUT2D eigenvalue weighted by Gasteiger charge is 2.43. The molecule has 8 nitrogen and oxygen atoms in total. The summed E-state index contributed by atoms with van der Waals surface area (Å²) < 4.78 is 22.2. The van der Waals surface area contributed by atoms with Crippen LogP contribution in [0.2, 0.25) is 0 Å². The molecule has 140 valence electrons. The summed E-state index contributed by atoms with van der Waals surface area (Å²) in [5.41, 5.74) is 0.825. The SMILES string of the molecule is O=C(NCc1ccc2c(c1)OCO2)C(=O)NC[C@H]1COC2(CCCC2)O1. The van der Waals surface area contributed by atoms with Gasteiger partial charge in [0.05, 0.1) is 6.61 Å². The van der Waals surface area contributed by atoms with Gasteiger partial charge in [0.1, 0.15) is 6.10 Å². The molecule has 1 saturated heterocycles. The number of ether oxygens (including phenoxy) is 4. The van der Waals surface area contributed by atoms with E-state index in [9.17, 15) is 9.59 Å². The van der Waals surface area contributed by atoms with Crippen LogP contribution in [0.5, 0.6) is 11.5 Å². The first-order valence-corrected chi connectivity index (χ1v) is 8.90. The summed E-state index contributed by atoms with van der Waals surface area (Å²) in [6.45, 7) is 1.13. The van der Waals surface area contributed by atoms with Gasteiger partial charge in [0.15, 0.2) is 17.3 Å². The first kappa shape index (κ1) is 17.1. The molecule has 1 saturated carbocycles. The summed E-state index contributed by atoms with van der Waals surface area (Å²) in [7, 11) is 0. The molecule has 0 bridgehead atoms. The van der Waals surface area contributed by atoms with Gasteiger partial charge in [-0.3, -0.25) is 9.59 Å². The minimum atomic E-state index is -0.683. The third-order valence-corrected chi connectivity index (χ3v) is 4.87. The average Bonchev–Trinajstić information content (AvgIpc) is 3.39. The molecular formula is C18H22N2O6. The Morgan fingerprint density at radius 2 is 1.85 bits per heavy atom. The molecule has 0 unspecified atom stereocenters. The van der Waals surface area contributed by atoms with Gasteiger partial charge in [-0.15, -0.1) is 0 Å². The fourth-order valence-corrected chi connectivity index (χ4v) is 3.49. The predicted molar refractivity (Wildman–Crippen MR) is 89.4 cm³/mol. The van der Waals surface area contributed by atoms with E-state index in [-0.39, 0.29) is 26.0 Å². The molecule has 2 fully saturated rings. The number of nitrogens with one attached hydrogen (secondary N) is 2. The Balaban J connectivity index is 1.20. The molecule has 8 heteroatoms. The summed E-state index contributed by atoms with van der Waals surface area (Å²) >= 11 is 0. The number of amides is 2. The van der Waals surface area contributed by atoms with Crippen molar-refractivity contribution in [3.8, 4) is 11.5 Å². The second-order valence-electron chi connectivity index (χ2n) is 6.75. The molecular weight excluding hydrogens is 340 g/mol. The van der Waals surface area contributed by atoms with E-state index >= 15 is 0 Å². The molecule has 2 aliphatic heterocycles. The summed E-state index contributed by atoms with van der Waals surface area (Å²) in [6, 6.07) is 5.38. The molecule has 1 atom stereocenters. The monoisotopic (exact) mass is 362 g/mol. The highest BCUT2D eigenvalue weighted by molar-refractivity contribution is 6.35. The number of benzene rings is 1. The number of carbonyl (C=O) groups excluding carboxylic acids is 2. The molecule has 2 N–H and O–H groups in total. The summed E-state index contributed by atoms with van der Waals surface area (Å²) in [5.74, 6) is -0.507. The minimum Gasteiger partial charge on any atom is -0.454 e. The van der Waals surface area contributed by atoms with Crippen molar-refractivity contribution in [1.82, 2.24) is 10.6 Å². The van der Waals surface area contributed by atoms with E-state index in [1.54, 1.807) is 12.1 Å². The van der Waals surface area contributed by atoms with Crippen LogP contribution in [0.1, 0.15) is 31.2 Å². The Hall–Kier alpha value is -2.32. The van der Waals surface area contributed by atoms with E-state index in [0.717, 1.165) is 31.2 Å². The van der Waals surface area contributed by atoms with Crippen molar-refractivity contribution in [2.75, 3.05) is 19.9 Å². The van der Waals surface area contributed by atoms with Crippen LogP contribution in [0.25, 0.3) is 0 Å². The zero-order valence-corrected chi connectivity index (χ0v) is 14.4. The van der Waals surface area contributed by atoms with Crippen molar-refractivity contribution in [2.45, 2.75) is 44.1 Å². The number of carbonyl (C=O) groups is 2. The van der Waals surface area contributed by atoms with Gasteiger partial charge in [0.2, 0.25) is 6.79 Å². The quantitative estimate of drug-likeness (QED) is 0.771. The minimum absolute atomic E-state index is 0.196. The van der Waals surface area contributed by atoms with Gasteiger partial charge in [-0.05, 0) is 30.5 Å². The fraction of sp³-hybridized carbons (Fsp3) is 0.556. The van der Waals surface area contributed by atoms with Gasteiger partial charge in [-0.1, -0.05) is 6.07 Å². The Morgan fingerprint density at radius 3 is 2.69 bits per heavy atom. The summed E-state index contributed by atoms with van der Waals surface area (Å²) in [4.78, 5) is 23.9. The van der Waals surface area contributed by atoms with Crippen LogP contribution in [0.15, 0.2) is 18.2 Å². The lowest BCUT2D eigenvalue weighted by Gasteiger charge is -2.21. The van der Waals surface area contributed by atoms with Crippen molar-refractivity contribution in [2.24, 2.45) is 0 Å². The number of hydrogen-bond donors (Lipinski definition) is 2. The lowest BCUT2D eigenvalue weighted by molar-refractivity contribution is -0.161. The number of fused-ring (bicyclic) bond motifs is 1. The molecule has 0 aromatic heterocycles. The zero-order chi connectivity index (χ0) is 18.0. The van der Waals surface area contributed by atoms with E-state index < -0.39 is 17.6 Å². The molecule has 26 heavy (non-hydrogen) atoms. The molecule has 1 aromatic carbocycles. The van der Waals surface area contributed by atoms with Gasteiger partial charge in [-0.2, -0.15) is 0 Å². The Bertz CT molecular complexity index is 701. The van der Waals surface area contributed by atoms with Crippen LogP contribution in [0.3, 0.4) is 0 Å². The third-order valence-electron chi connectivity index (χ3n) is 4.87. The Kier molecular flexibility index (Phi) is 4.69. The molecule has 1 aromatic rings.